The Hall–Kier alpha value is -0.900. The van der Waals surface area contributed by atoms with Crippen LogP contribution in [0.15, 0.2) is 30.3 Å². The number of likely N-dealkylation sites (tertiary alicyclic amines) is 1. The fourth-order valence-corrected chi connectivity index (χ4v) is 3.84. The molecule has 3 heteroatoms. The summed E-state index contributed by atoms with van der Waals surface area (Å²) < 4.78 is 12.2. The lowest BCUT2D eigenvalue weighted by Crippen LogP contribution is -2.39. The lowest BCUT2D eigenvalue weighted by Gasteiger charge is -2.32. The van der Waals surface area contributed by atoms with Crippen LogP contribution in [0.3, 0.4) is 0 Å². The van der Waals surface area contributed by atoms with Gasteiger partial charge in [-0.2, -0.15) is 0 Å². The van der Waals surface area contributed by atoms with E-state index in [4.69, 9.17) is 9.47 Å². The van der Waals surface area contributed by atoms with E-state index in [2.05, 4.69) is 35.2 Å². The van der Waals surface area contributed by atoms with Gasteiger partial charge in [0.2, 0.25) is 0 Å². The number of piperidine rings is 1. The van der Waals surface area contributed by atoms with Crippen LogP contribution in [0.25, 0.3) is 0 Å². The third-order valence-electron chi connectivity index (χ3n) is 5.43. The van der Waals surface area contributed by atoms with Crippen LogP contribution in [0.1, 0.15) is 56.9 Å². The predicted octanol–water partition coefficient (Wildman–Crippen LogP) is 4.41. The van der Waals surface area contributed by atoms with Crippen LogP contribution in [0.5, 0.6) is 0 Å². The Morgan fingerprint density at radius 3 is 2.17 bits per heavy atom. The third kappa shape index (κ3) is 6.19. The Morgan fingerprint density at radius 1 is 0.792 bits per heavy atom. The molecule has 0 bridgehead atoms. The smallest absolute Gasteiger partial charge is 0.0720 e. The number of hydrogen-bond donors (Lipinski definition) is 0. The molecule has 1 heterocycles. The van der Waals surface area contributed by atoms with E-state index in [0.29, 0.717) is 12.2 Å². The fourth-order valence-electron chi connectivity index (χ4n) is 3.84. The van der Waals surface area contributed by atoms with Gasteiger partial charge in [-0.1, -0.05) is 56.0 Å². The molecule has 0 atom stereocenters. The second-order valence-electron chi connectivity index (χ2n) is 7.32. The summed E-state index contributed by atoms with van der Waals surface area (Å²) in [5.41, 5.74) is 1.27. The second-order valence-corrected chi connectivity index (χ2v) is 7.32. The van der Waals surface area contributed by atoms with Crippen molar-refractivity contribution in [3.63, 3.8) is 0 Å². The van der Waals surface area contributed by atoms with E-state index in [-0.39, 0.29) is 0 Å². The minimum absolute atomic E-state index is 0.421. The van der Waals surface area contributed by atoms with Crippen LogP contribution < -0.4 is 0 Å². The normalized spacial score (nSPS) is 21.7. The van der Waals surface area contributed by atoms with Gasteiger partial charge in [0.05, 0.1) is 25.4 Å². The van der Waals surface area contributed by atoms with Gasteiger partial charge >= 0.3 is 0 Å². The zero-order chi connectivity index (χ0) is 16.5. The highest BCUT2D eigenvalue weighted by molar-refractivity contribution is 5.13. The molecule has 1 saturated carbocycles. The maximum atomic E-state index is 6.12. The first-order chi connectivity index (χ1) is 11.9. The molecule has 24 heavy (non-hydrogen) atoms. The number of ether oxygens (including phenoxy) is 2. The standard InChI is InChI=1S/C21H33NO2/c1-2-7-11-20(10-6-1)23-17-16-22-14-12-21(13-15-22)24-18-19-8-4-3-5-9-19/h3-5,8-9,20-21H,1-2,6-7,10-18H2. The van der Waals surface area contributed by atoms with Gasteiger partial charge in [-0.3, -0.25) is 0 Å². The van der Waals surface area contributed by atoms with E-state index >= 15 is 0 Å². The Morgan fingerprint density at radius 2 is 1.46 bits per heavy atom. The van der Waals surface area contributed by atoms with E-state index in [1.54, 1.807) is 0 Å². The van der Waals surface area contributed by atoms with Crippen LogP contribution in [-0.2, 0) is 16.1 Å². The first-order valence-electron chi connectivity index (χ1n) is 9.89. The Bertz CT molecular complexity index is 434. The number of rotatable bonds is 7. The molecule has 3 rings (SSSR count). The van der Waals surface area contributed by atoms with Crippen LogP contribution in [0, 0.1) is 0 Å². The quantitative estimate of drug-likeness (QED) is 0.691. The van der Waals surface area contributed by atoms with Crippen LogP contribution in [0.4, 0.5) is 0 Å². The molecule has 3 nitrogen and oxygen atoms in total. The molecular formula is C21H33NO2. The fraction of sp³-hybridized carbons (Fsp3) is 0.714. The van der Waals surface area contributed by atoms with Gasteiger partial charge in [0.25, 0.3) is 0 Å². The van der Waals surface area contributed by atoms with Crippen molar-refractivity contribution in [3.8, 4) is 0 Å². The molecule has 1 saturated heterocycles. The highest BCUT2D eigenvalue weighted by atomic mass is 16.5. The van der Waals surface area contributed by atoms with Gasteiger partial charge in [0.1, 0.15) is 0 Å². The van der Waals surface area contributed by atoms with Gasteiger partial charge in [0.15, 0.2) is 0 Å². The van der Waals surface area contributed by atoms with Crippen LogP contribution in [-0.4, -0.2) is 43.3 Å². The van der Waals surface area contributed by atoms with Gasteiger partial charge in [-0.05, 0) is 31.2 Å². The summed E-state index contributed by atoms with van der Waals surface area (Å²) in [6.07, 6.45) is 11.3. The van der Waals surface area contributed by atoms with Crippen molar-refractivity contribution in [1.29, 1.82) is 0 Å². The van der Waals surface area contributed by atoms with Crippen molar-refractivity contribution in [2.45, 2.75) is 70.2 Å². The van der Waals surface area contributed by atoms with Crippen molar-refractivity contribution in [3.05, 3.63) is 35.9 Å². The molecule has 0 radical (unpaired) electrons. The highest BCUT2D eigenvalue weighted by Gasteiger charge is 2.20. The molecule has 0 N–H and O–H groups in total. The molecule has 1 aromatic carbocycles. The van der Waals surface area contributed by atoms with E-state index in [1.165, 1.54) is 44.1 Å². The predicted molar refractivity (Wildman–Crippen MR) is 98.1 cm³/mol. The number of benzene rings is 1. The molecule has 1 aliphatic heterocycles. The largest absolute Gasteiger partial charge is 0.377 e. The molecule has 134 valence electrons. The topological polar surface area (TPSA) is 21.7 Å². The van der Waals surface area contributed by atoms with Crippen molar-refractivity contribution in [2.75, 3.05) is 26.2 Å². The highest BCUT2D eigenvalue weighted by Crippen LogP contribution is 2.20. The van der Waals surface area contributed by atoms with E-state index in [9.17, 15) is 0 Å². The Balaban J connectivity index is 1.26. The summed E-state index contributed by atoms with van der Waals surface area (Å²) in [5, 5.41) is 0. The summed E-state index contributed by atoms with van der Waals surface area (Å²) in [6.45, 7) is 5.03. The van der Waals surface area contributed by atoms with E-state index in [1.807, 2.05) is 0 Å². The van der Waals surface area contributed by atoms with Crippen LogP contribution >= 0.6 is 0 Å². The minimum atomic E-state index is 0.421. The molecule has 2 aliphatic rings. The van der Waals surface area contributed by atoms with Crippen molar-refractivity contribution < 1.29 is 9.47 Å². The summed E-state index contributed by atoms with van der Waals surface area (Å²) in [5.74, 6) is 0. The van der Waals surface area contributed by atoms with Crippen LogP contribution in [0.2, 0.25) is 0 Å². The van der Waals surface area contributed by atoms with Gasteiger partial charge in [-0.25, -0.2) is 0 Å². The SMILES string of the molecule is c1ccc(COC2CCN(CCOC3CCCCCC3)CC2)cc1. The van der Waals surface area contributed by atoms with E-state index in [0.717, 1.165) is 45.7 Å². The average Bonchev–Trinajstić information content (AvgIpc) is 2.91. The molecule has 0 unspecified atom stereocenters. The summed E-state index contributed by atoms with van der Waals surface area (Å²) in [7, 11) is 0. The zero-order valence-electron chi connectivity index (χ0n) is 15.0. The molecule has 1 aromatic rings. The maximum absolute atomic E-state index is 6.12. The molecule has 1 aliphatic carbocycles. The third-order valence-corrected chi connectivity index (χ3v) is 5.43. The Labute approximate surface area is 147 Å². The molecular weight excluding hydrogens is 298 g/mol. The maximum Gasteiger partial charge on any atom is 0.0720 e. The summed E-state index contributed by atoms with van der Waals surface area (Å²) in [4.78, 5) is 2.54. The number of nitrogens with zero attached hydrogens (tertiary/aromatic N) is 1. The second kappa shape index (κ2) is 10.2. The van der Waals surface area contributed by atoms with Gasteiger partial charge in [0, 0.05) is 19.6 Å². The first kappa shape index (κ1) is 17.9. The minimum Gasteiger partial charge on any atom is -0.377 e. The molecule has 0 amide bonds. The first-order valence-corrected chi connectivity index (χ1v) is 9.89. The van der Waals surface area contributed by atoms with Crippen molar-refractivity contribution in [1.82, 2.24) is 4.90 Å². The summed E-state index contributed by atoms with van der Waals surface area (Å²) >= 11 is 0. The average molecular weight is 332 g/mol. The van der Waals surface area contributed by atoms with E-state index < -0.39 is 0 Å². The van der Waals surface area contributed by atoms with Gasteiger partial charge in [-0.15, -0.1) is 0 Å². The molecule has 0 aromatic heterocycles. The monoisotopic (exact) mass is 331 g/mol. The lowest BCUT2D eigenvalue weighted by atomic mass is 10.1. The lowest BCUT2D eigenvalue weighted by molar-refractivity contribution is -0.0158. The van der Waals surface area contributed by atoms with Crippen molar-refractivity contribution in [2.24, 2.45) is 0 Å². The van der Waals surface area contributed by atoms with Gasteiger partial charge < -0.3 is 14.4 Å². The molecule has 2 fully saturated rings. The number of hydrogen-bond acceptors (Lipinski definition) is 3. The van der Waals surface area contributed by atoms with Crippen molar-refractivity contribution >= 4 is 0 Å². The Kier molecular flexibility index (Phi) is 7.59. The zero-order valence-corrected chi connectivity index (χ0v) is 15.0. The molecule has 0 spiro atoms. The summed E-state index contributed by atoms with van der Waals surface area (Å²) in [6, 6.07) is 10.5.